The summed E-state index contributed by atoms with van der Waals surface area (Å²) in [5.74, 6) is 1.47. The Morgan fingerprint density at radius 2 is 2.22 bits per heavy atom. The van der Waals surface area contributed by atoms with Crippen molar-refractivity contribution in [3.05, 3.63) is 47.3 Å². The molecule has 0 saturated heterocycles. The molecule has 1 nitrogen and oxygen atoms in total. The molecule has 0 bridgehead atoms. The van der Waals surface area contributed by atoms with Gasteiger partial charge in [-0.3, -0.25) is 0 Å². The Balaban J connectivity index is 1.66. The molecule has 18 heavy (non-hydrogen) atoms. The Labute approximate surface area is 108 Å². The van der Waals surface area contributed by atoms with Crippen LogP contribution in [-0.4, -0.2) is 6.04 Å². The molecule has 0 aromatic heterocycles. The minimum absolute atomic E-state index is 0.103. The van der Waals surface area contributed by atoms with E-state index in [0.29, 0.717) is 17.5 Å². The summed E-state index contributed by atoms with van der Waals surface area (Å²) in [6, 6.07) is 6.35. The third-order valence-electron chi connectivity index (χ3n) is 4.52. The number of halogens is 1. The molecular formula is C16H20FN. The highest BCUT2D eigenvalue weighted by atomic mass is 19.1. The first kappa shape index (κ1) is 11.9. The van der Waals surface area contributed by atoms with Crippen LogP contribution in [0, 0.1) is 24.6 Å². The molecular weight excluding hydrogens is 225 g/mol. The molecule has 2 aliphatic rings. The van der Waals surface area contributed by atoms with Crippen LogP contribution in [0.15, 0.2) is 30.4 Å². The van der Waals surface area contributed by atoms with Gasteiger partial charge in [0.05, 0.1) is 0 Å². The van der Waals surface area contributed by atoms with Crippen LogP contribution in [0.4, 0.5) is 4.39 Å². The normalized spacial score (nSPS) is 30.9. The topological polar surface area (TPSA) is 12.0 Å². The number of allylic oxidation sites excluding steroid dienone is 1. The first-order valence-electron chi connectivity index (χ1n) is 6.84. The lowest BCUT2D eigenvalue weighted by Crippen LogP contribution is -2.48. The number of aryl methyl sites for hydroxylation is 1. The van der Waals surface area contributed by atoms with Crippen LogP contribution in [0.25, 0.3) is 0 Å². The van der Waals surface area contributed by atoms with Gasteiger partial charge in [-0.1, -0.05) is 24.3 Å². The Kier molecular flexibility index (Phi) is 2.98. The number of benzene rings is 1. The number of nitrogens with one attached hydrogen (secondary N) is 1. The van der Waals surface area contributed by atoms with Crippen molar-refractivity contribution >= 4 is 0 Å². The Morgan fingerprint density at radius 3 is 2.94 bits per heavy atom. The fourth-order valence-corrected chi connectivity index (χ4v) is 3.20. The van der Waals surface area contributed by atoms with Crippen molar-refractivity contribution in [3.63, 3.8) is 0 Å². The molecule has 0 aliphatic heterocycles. The SMILES string of the molecule is Cc1ccc(C(C)NC2CC3CC=CC32)cc1F. The molecule has 0 spiro atoms. The Bertz CT molecular complexity index is 480. The molecule has 1 saturated carbocycles. The van der Waals surface area contributed by atoms with Gasteiger partial charge in [0.2, 0.25) is 0 Å². The Hall–Kier alpha value is -1.15. The van der Waals surface area contributed by atoms with E-state index in [0.717, 1.165) is 11.5 Å². The van der Waals surface area contributed by atoms with Crippen LogP contribution in [0.5, 0.6) is 0 Å². The van der Waals surface area contributed by atoms with E-state index >= 15 is 0 Å². The van der Waals surface area contributed by atoms with Gasteiger partial charge in [0.15, 0.2) is 0 Å². The fourth-order valence-electron chi connectivity index (χ4n) is 3.20. The first-order valence-corrected chi connectivity index (χ1v) is 6.84. The predicted octanol–water partition coefficient (Wildman–Crippen LogP) is 3.75. The van der Waals surface area contributed by atoms with Gasteiger partial charge < -0.3 is 5.32 Å². The first-order chi connectivity index (χ1) is 8.65. The highest BCUT2D eigenvalue weighted by molar-refractivity contribution is 5.26. The van der Waals surface area contributed by atoms with E-state index in [1.807, 2.05) is 12.1 Å². The van der Waals surface area contributed by atoms with Crippen molar-refractivity contribution in [2.75, 3.05) is 0 Å². The summed E-state index contributed by atoms with van der Waals surface area (Å²) in [6.45, 7) is 3.92. The van der Waals surface area contributed by atoms with Crippen LogP contribution < -0.4 is 5.32 Å². The standard InChI is InChI=1S/C16H20FN/c1-10-6-7-12(8-15(10)17)11(2)18-16-9-13-4-3-5-14(13)16/h3,5-8,11,13-14,16,18H,4,9H2,1-2H3. The third-order valence-corrected chi connectivity index (χ3v) is 4.52. The van der Waals surface area contributed by atoms with Gasteiger partial charge in [0, 0.05) is 12.1 Å². The summed E-state index contributed by atoms with van der Waals surface area (Å²) in [5.41, 5.74) is 1.76. The average Bonchev–Trinajstić information content (AvgIpc) is 2.71. The largest absolute Gasteiger partial charge is 0.307 e. The molecule has 1 fully saturated rings. The van der Waals surface area contributed by atoms with Gasteiger partial charge in [-0.2, -0.15) is 0 Å². The number of hydrogen-bond donors (Lipinski definition) is 1. The number of rotatable bonds is 3. The van der Waals surface area contributed by atoms with Crippen LogP contribution in [0.2, 0.25) is 0 Å². The number of fused-ring (bicyclic) bond motifs is 1. The zero-order valence-corrected chi connectivity index (χ0v) is 11.0. The maximum atomic E-state index is 13.5. The van der Waals surface area contributed by atoms with E-state index in [1.54, 1.807) is 13.0 Å². The molecule has 96 valence electrons. The van der Waals surface area contributed by atoms with Crippen molar-refractivity contribution in [1.82, 2.24) is 5.32 Å². The van der Waals surface area contributed by atoms with Crippen molar-refractivity contribution in [2.24, 2.45) is 11.8 Å². The van der Waals surface area contributed by atoms with Crippen molar-refractivity contribution in [1.29, 1.82) is 0 Å². The van der Waals surface area contributed by atoms with Crippen LogP contribution in [0.1, 0.15) is 36.9 Å². The van der Waals surface area contributed by atoms with Gasteiger partial charge in [-0.15, -0.1) is 0 Å². The molecule has 1 aromatic rings. The monoisotopic (exact) mass is 245 g/mol. The second-order valence-electron chi connectivity index (χ2n) is 5.74. The lowest BCUT2D eigenvalue weighted by atomic mass is 9.71. The van der Waals surface area contributed by atoms with Gasteiger partial charge in [-0.05, 0) is 55.7 Å². The summed E-state index contributed by atoms with van der Waals surface area (Å²) in [5, 5.41) is 3.63. The van der Waals surface area contributed by atoms with Crippen LogP contribution in [-0.2, 0) is 0 Å². The summed E-state index contributed by atoms with van der Waals surface area (Å²) < 4.78 is 13.5. The van der Waals surface area contributed by atoms with Gasteiger partial charge >= 0.3 is 0 Å². The molecule has 0 heterocycles. The van der Waals surface area contributed by atoms with Gasteiger partial charge in [-0.25, -0.2) is 4.39 Å². The summed E-state index contributed by atoms with van der Waals surface area (Å²) in [7, 11) is 0. The van der Waals surface area contributed by atoms with Crippen LogP contribution >= 0.6 is 0 Å². The summed E-state index contributed by atoms with van der Waals surface area (Å²) in [4.78, 5) is 0. The molecule has 0 radical (unpaired) electrons. The van der Waals surface area contributed by atoms with E-state index in [2.05, 4.69) is 24.4 Å². The molecule has 1 aromatic carbocycles. The summed E-state index contributed by atoms with van der Waals surface area (Å²) >= 11 is 0. The van der Waals surface area contributed by atoms with E-state index in [4.69, 9.17) is 0 Å². The van der Waals surface area contributed by atoms with Crippen molar-refractivity contribution in [2.45, 2.75) is 38.8 Å². The zero-order valence-electron chi connectivity index (χ0n) is 11.0. The summed E-state index contributed by atoms with van der Waals surface area (Å²) in [6.07, 6.45) is 7.15. The lowest BCUT2D eigenvalue weighted by Gasteiger charge is -2.42. The Morgan fingerprint density at radius 1 is 1.39 bits per heavy atom. The predicted molar refractivity (Wildman–Crippen MR) is 71.8 cm³/mol. The molecule has 0 amide bonds. The number of hydrogen-bond acceptors (Lipinski definition) is 1. The minimum atomic E-state index is -0.103. The minimum Gasteiger partial charge on any atom is -0.307 e. The van der Waals surface area contributed by atoms with Gasteiger partial charge in [0.25, 0.3) is 0 Å². The van der Waals surface area contributed by atoms with Crippen molar-refractivity contribution < 1.29 is 4.39 Å². The quantitative estimate of drug-likeness (QED) is 0.800. The molecule has 4 atom stereocenters. The smallest absolute Gasteiger partial charge is 0.126 e. The second-order valence-corrected chi connectivity index (χ2v) is 5.74. The zero-order chi connectivity index (χ0) is 12.7. The molecule has 2 aliphatic carbocycles. The van der Waals surface area contributed by atoms with E-state index in [1.165, 1.54) is 12.8 Å². The highest BCUT2D eigenvalue weighted by Crippen LogP contribution is 2.43. The fraction of sp³-hybridized carbons (Fsp3) is 0.500. The molecule has 1 N–H and O–H groups in total. The molecule has 4 unspecified atom stereocenters. The third kappa shape index (κ3) is 1.99. The van der Waals surface area contributed by atoms with E-state index < -0.39 is 0 Å². The molecule has 3 rings (SSSR count). The van der Waals surface area contributed by atoms with Crippen LogP contribution in [0.3, 0.4) is 0 Å². The van der Waals surface area contributed by atoms with Gasteiger partial charge in [0.1, 0.15) is 5.82 Å². The van der Waals surface area contributed by atoms with E-state index in [9.17, 15) is 4.39 Å². The van der Waals surface area contributed by atoms with Crippen molar-refractivity contribution in [3.8, 4) is 0 Å². The second kappa shape index (κ2) is 4.51. The average molecular weight is 245 g/mol. The molecule has 2 heteroatoms. The highest BCUT2D eigenvalue weighted by Gasteiger charge is 2.41. The lowest BCUT2D eigenvalue weighted by molar-refractivity contribution is 0.152. The van der Waals surface area contributed by atoms with E-state index in [-0.39, 0.29) is 11.9 Å². The maximum absolute atomic E-state index is 13.5. The maximum Gasteiger partial charge on any atom is 0.126 e.